The van der Waals surface area contributed by atoms with Crippen molar-refractivity contribution in [1.29, 1.82) is 0 Å². The molecule has 1 fully saturated rings. The van der Waals surface area contributed by atoms with Gasteiger partial charge in [0.05, 0.1) is 0 Å². The minimum absolute atomic E-state index is 0.0762. The van der Waals surface area contributed by atoms with Gasteiger partial charge in [0.15, 0.2) is 5.69 Å². The number of halogens is 3. The first-order chi connectivity index (χ1) is 13.0. The fraction of sp³-hybridized carbons (Fsp3) is 0.300. The molecule has 2 aromatic heterocycles. The molecule has 0 aliphatic carbocycles. The van der Waals surface area contributed by atoms with E-state index >= 15 is 0 Å². The maximum Gasteiger partial charge on any atom is 0.435 e. The van der Waals surface area contributed by atoms with Crippen LogP contribution in [0.3, 0.4) is 0 Å². The fourth-order valence-corrected chi connectivity index (χ4v) is 3.79. The Bertz CT molecular complexity index is 877. The van der Waals surface area contributed by atoms with Crippen LogP contribution in [0.2, 0.25) is 0 Å². The zero-order valence-corrected chi connectivity index (χ0v) is 14.5. The Hall–Kier alpha value is -2.67. The third kappa shape index (κ3) is 3.88. The molecule has 3 heterocycles. The normalized spacial score (nSPS) is 20.9. The Balaban J connectivity index is 1.61. The Morgan fingerprint density at radius 1 is 1.04 bits per heavy atom. The Kier molecular flexibility index (Phi) is 4.70. The predicted molar refractivity (Wildman–Crippen MR) is 95.0 cm³/mol. The molecule has 1 N–H and O–H groups in total. The third-order valence-electron chi connectivity index (χ3n) is 5.04. The van der Waals surface area contributed by atoms with Gasteiger partial charge in [-0.2, -0.15) is 18.3 Å². The van der Waals surface area contributed by atoms with E-state index in [4.69, 9.17) is 0 Å². The van der Waals surface area contributed by atoms with Gasteiger partial charge in [-0.05, 0) is 23.3 Å². The van der Waals surface area contributed by atoms with Crippen molar-refractivity contribution < 1.29 is 13.2 Å². The van der Waals surface area contributed by atoms with Crippen LogP contribution in [-0.4, -0.2) is 33.2 Å². The zero-order valence-electron chi connectivity index (χ0n) is 14.5. The monoisotopic (exact) mass is 372 g/mol. The molecule has 0 spiro atoms. The average molecular weight is 372 g/mol. The molecule has 0 amide bonds. The van der Waals surface area contributed by atoms with Crippen LogP contribution in [0.4, 0.5) is 13.2 Å². The van der Waals surface area contributed by atoms with Crippen molar-refractivity contribution in [1.82, 2.24) is 20.1 Å². The van der Waals surface area contributed by atoms with Crippen LogP contribution in [0.1, 0.15) is 34.4 Å². The molecule has 0 unspecified atom stereocenters. The van der Waals surface area contributed by atoms with Crippen molar-refractivity contribution >= 4 is 0 Å². The molecule has 4 nitrogen and oxygen atoms in total. The molecular formula is C20H19F3N4. The van der Waals surface area contributed by atoms with Gasteiger partial charge in [-0.3, -0.25) is 15.0 Å². The van der Waals surface area contributed by atoms with E-state index in [1.54, 1.807) is 6.20 Å². The summed E-state index contributed by atoms with van der Waals surface area (Å²) in [6.07, 6.45) is -0.889. The molecule has 7 heteroatoms. The van der Waals surface area contributed by atoms with Gasteiger partial charge in [-0.1, -0.05) is 36.4 Å². The summed E-state index contributed by atoms with van der Waals surface area (Å²) in [6, 6.07) is 15.0. The Morgan fingerprint density at radius 2 is 1.81 bits per heavy atom. The number of hydrogen-bond acceptors (Lipinski definition) is 3. The summed E-state index contributed by atoms with van der Waals surface area (Å²) in [5.41, 5.74) is 1.88. The number of rotatable bonds is 4. The highest BCUT2D eigenvalue weighted by Gasteiger charge is 2.39. The van der Waals surface area contributed by atoms with Crippen LogP contribution in [0.5, 0.6) is 0 Å². The van der Waals surface area contributed by atoms with Crippen LogP contribution < -0.4 is 0 Å². The van der Waals surface area contributed by atoms with E-state index < -0.39 is 11.9 Å². The van der Waals surface area contributed by atoms with Gasteiger partial charge >= 0.3 is 6.18 Å². The van der Waals surface area contributed by atoms with Crippen molar-refractivity contribution in [3.63, 3.8) is 0 Å². The molecule has 1 aliphatic heterocycles. The highest BCUT2D eigenvalue weighted by Crippen LogP contribution is 2.40. The van der Waals surface area contributed by atoms with Crippen LogP contribution in [-0.2, 0) is 12.7 Å². The fourth-order valence-electron chi connectivity index (χ4n) is 3.79. The van der Waals surface area contributed by atoms with Gasteiger partial charge in [-0.25, -0.2) is 0 Å². The SMILES string of the molecule is FC(F)(F)c1cc([C@@H]2CN(Cc3cccnc3)C[C@H]2c2ccccc2)[nH]n1. The number of hydrogen-bond donors (Lipinski definition) is 1. The highest BCUT2D eigenvalue weighted by molar-refractivity contribution is 5.29. The van der Waals surface area contributed by atoms with Gasteiger partial charge < -0.3 is 0 Å². The maximum absolute atomic E-state index is 13.0. The van der Waals surface area contributed by atoms with Crippen LogP contribution in [0.25, 0.3) is 0 Å². The molecule has 1 aromatic carbocycles. The summed E-state index contributed by atoms with van der Waals surface area (Å²) in [5.74, 6) is 0.0251. The number of aromatic amines is 1. The first-order valence-electron chi connectivity index (χ1n) is 8.79. The van der Waals surface area contributed by atoms with Crippen molar-refractivity contribution in [2.24, 2.45) is 0 Å². The van der Waals surface area contributed by atoms with E-state index in [2.05, 4.69) is 20.1 Å². The Morgan fingerprint density at radius 3 is 2.48 bits per heavy atom. The summed E-state index contributed by atoms with van der Waals surface area (Å²) in [7, 11) is 0. The standard InChI is InChI=1S/C20H19F3N4/c21-20(22,23)19-9-18(25-26-19)17-13-27(11-14-5-4-8-24-10-14)12-16(17)15-6-2-1-3-7-15/h1-10,16-17H,11-13H2,(H,25,26)/t16-,17+/m0/s1. The van der Waals surface area contributed by atoms with Crippen molar-refractivity contribution in [3.05, 3.63) is 83.4 Å². The van der Waals surface area contributed by atoms with E-state index in [1.165, 1.54) is 0 Å². The van der Waals surface area contributed by atoms with Gasteiger partial charge in [-0.15, -0.1) is 0 Å². The number of aromatic nitrogens is 3. The smallest absolute Gasteiger partial charge is 0.298 e. The third-order valence-corrected chi connectivity index (χ3v) is 5.04. The largest absolute Gasteiger partial charge is 0.435 e. The number of nitrogens with one attached hydrogen (secondary N) is 1. The van der Waals surface area contributed by atoms with E-state index in [0.29, 0.717) is 18.8 Å². The predicted octanol–water partition coefficient (Wildman–Crippen LogP) is 4.21. The molecule has 3 aromatic rings. The van der Waals surface area contributed by atoms with E-state index in [-0.39, 0.29) is 11.8 Å². The van der Waals surface area contributed by atoms with Gasteiger partial charge in [0.2, 0.25) is 0 Å². The average Bonchev–Trinajstić information content (AvgIpc) is 3.30. The quantitative estimate of drug-likeness (QED) is 0.746. The molecule has 1 saturated heterocycles. The van der Waals surface area contributed by atoms with Gasteiger partial charge in [0, 0.05) is 49.6 Å². The van der Waals surface area contributed by atoms with E-state index in [9.17, 15) is 13.2 Å². The molecule has 1 aliphatic rings. The van der Waals surface area contributed by atoms with Crippen LogP contribution >= 0.6 is 0 Å². The number of nitrogens with zero attached hydrogens (tertiary/aromatic N) is 3. The first kappa shape index (κ1) is 17.7. The van der Waals surface area contributed by atoms with Crippen LogP contribution in [0.15, 0.2) is 60.9 Å². The molecule has 0 saturated carbocycles. The summed E-state index contributed by atoms with van der Waals surface area (Å²) in [6.45, 7) is 2.14. The van der Waals surface area contributed by atoms with E-state index in [1.807, 2.05) is 48.7 Å². The number of alkyl halides is 3. The second-order valence-electron chi connectivity index (χ2n) is 6.89. The number of pyridine rings is 1. The lowest BCUT2D eigenvalue weighted by molar-refractivity contribution is -0.141. The second-order valence-corrected chi connectivity index (χ2v) is 6.89. The number of benzene rings is 1. The molecule has 4 rings (SSSR count). The maximum atomic E-state index is 13.0. The lowest BCUT2D eigenvalue weighted by atomic mass is 9.87. The minimum atomic E-state index is -4.44. The summed E-state index contributed by atoms with van der Waals surface area (Å²) in [4.78, 5) is 6.40. The molecule has 140 valence electrons. The van der Waals surface area contributed by atoms with Crippen molar-refractivity contribution in [3.8, 4) is 0 Å². The van der Waals surface area contributed by atoms with Gasteiger partial charge in [0.1, 0.15) is 0 Å². The zero-order chi connectivity index (χ0) is 18.9. The van der Waals surface area contributed by atoms with E-state index in [0.717, 1.165) is 23.7 Å². The number of H-pyrrole nitrogens is 1. The topological polar surface area (TPSA) is 44.8 Å². The van der Waals surface area contributed by atoms with Crippen LogP contribution in [0, 0.1) is 0 Å². The second kappa shape index (κ2) is 7.15. The lowest BCUT2D eigenvalue weighted by Gasteiger charge is -2.17. The summed E-state index contributed by atoms with van der Waals surface area (Å²) < 4.78 is 38.9. The highest BCUT2D eigenvalue weighted by atomic mass is 19.4. The first-order valence-corrected chi connectivity index (χ1v) is 8.79. The number of likely N-dealkylation sites (tertiary alicyclic amines) is 1. The minimum Gasteiger partial charge on any atom is -0.298 e. The molecule has 2 atom stereocenters. The summed E-state index contributed by atoms with van der Waals surface area (Å²) >= 11 is 0. The molecule has 0 radical (unpaired) electrons. The van der Waals surface area contributed by atoms with Crippen molar-refractivity contribution in [2.75, 3.05) is 13.1 Å². The molecular weight excluding hydrogens is 353 g/mol. The van der Waals surface area contributed by atoms with Gasteiger partial charge in [0.25, 0.3) is 0 Å². The van der Waals surface area contributed by atoms with Crippen molar-refractivity contribution in [2.45, 2.75) is 24.6 Å². The molecule has 0 bridgehead atoms. The summed E-state index contributed by atoms with van der Waals surface area (Å²) in [5, 5.41) is 6.12. The Labute approximate surface area is 155 Å². The molecule has 27 heavy (non-hydrogen) atoms. The lowest BCUT2D eigenvalue weighted by Crippen LogP contribution is -2.20.